The third-order valence-corrected chi connectivity index (χ3v) is 3.64. The van der Waals surface area contributed by atoms with Crippen LogP contribution in [0.2, 0.25) is 0 Å². The van der Waals surface area contributed by atoms with Gasteiger partial charge in [0.05, 0.1) is 12.2 Å². The summed E-state index contributed by atoms with van der Waals surface area (Å²) in [5, 5.41) is 34.5. The van der Waals surface area contributed by atoms with Gasteiger partial charge in [-0.05, 0) is 26.2 Å². The van der Waals surface area contributed by atoms with Crippen molar-refractivity contribution in [3.05, 3.63) is 0 Å². The fourth-order valence-electron chi connectivity index (χ4n) is 2.12. The minimum atomic E-state index is -1.41. The normalized spacial score (nSPS) is 16.6. The molecule has 0 saturated heterocycles. The summed E-state index contributed by atoms with van der Waals surface area (Å²) < 4.78 is 0. The first-order chi connectivity index (χ1) is 12.4. The number of nitrogens with two attached hydrogens (primary N) is 1. The Bertz CT molecular complexity index is 537. The van der Waals surface area contributed by atoms with E-state index in [2.05, 4.69) is 16.0 Å². The maximum atomic E-state index is 12.5. The van der Waals surface area contributed by atoms with Crippen LogP contribution in [0.25, 0.3) is 0 Å². The molecule has 11 heteroatoms. The minimum Gasteiger partial charge on any atom is -0.480 e. The first-order valence-corrected chi connectivity index (χ1v) is 8.58. The van der Waals surface area contributed by atoms with Gasteiger partial charge in [-0.2, -0.15) is 0 Å². The van der Waals surface area contributed by atoms with E-state index in [1.807, 2.05) is 13.8 Å². The van der Waals surface area contributed by atoms with Gasteiger partial charge >= 0.3 is 5.97 Å². The van der Waals surface area contributed by atoms with Crippen LogP contribution in [-0.4, -0.2) is 75.9 Å². The number of amides is 3. The molecule has 0 radical (unpaired) electrons. The molecule has 0 aliphatic rings. The number of carboxylic acid groups (broad SMARTS) is 1. The van der Waals surface area contributed by atoms with Crippen molar-refractivity contribution in [3.63, 3.8) is 0 Å². The lowest BCUT2D eigenvalue weighted by Crippen LogP contribution is -2.59. The van der Waals surface area contributed by atoms with Crippen LogP contribution in [-0.2, 0) is 19.2 Å². The monoisotopic (exact) mass is 390 g/mol. The molecule has 0 aromatic heterocycles. The molecular weight excluding hydrogens is 360 g/mol. The topological polar surface area (TPSA) is 191 Å². The number of aliphatic hydroxyl groups is 2. The van der Waals surface area contributed by atoms with Crippen molar-refractivity contribution >= 4 is 23.7 Å². The van der Waals surface area contributed by atoms with Crippen LogP contribution in [0.5, 0.6) is 0 Å². The van der Waals surface area contributed by atoms with E-state index < -0.39 is 60.6 Å². The van der Waals surface area contributed by atoms with Crippen LogP contribution in [0.1, 0.15) is 34.1 Å². The Labute approximate surface area is 157 Å². The second-order valence-corrected chi connectivity index (χ2v) is 6.80. The number of carbonyl (C=O) groups is 4. The Morgan fingerprint density at radius 2 is 1.44 bits per heavy atom. The lowest BCUT2D eigenvalue weighted by molar-refractivity contribution is -0.139. The maximum Gasteiger partial charge on any atom is 0.322 e. The van der Waals surface area contributed by atoms with Gasteiger partial charge in [-0.3, -0.25) is 19.2 Å². The molecule has 0 rings (SSSR count). The van der Waals surface area contributed by atoms with E-state index in [1.54, 1.807) is 0 Å². The minimum absolute atomic E-state index is 0.00494. The molecule has 0 fully saturated rings. The molecular formula is C16H30N4O7. The Morgan fingerprint density at radius 3 is 1.85 bits per heavy atom. The molecule has 5 unspecified atom stereocenters. The summed E-state index contributed by atoms with van der Waals surface area (Å²) in [6.45, 7) is 5.54. The standard InChI is InChI=1S/C16H30N4O7/c1-7(2)5-10(19-15(26)12(17)8(3)21)14(25)20-13(9(4)22)16(27)18-6-11(23)24/h7-10,12-13,21-22H,5-6,17H2,1-4H3,(H,18,27)(H,19,26)(H,20,25)(H,23,24). The molecule has 3 amide bonds. The van der Waals surface area contributed by atoms with Gasteiger partial charge in [0.2, 0.25) is 17.7 Å². The summed E-state index contributed by atoms with van der Waals surface area (Å²) in [5.41, 5.74) is 5.55. The van der Waals surface area contributed by atoms with Crippen molar-refractivity contribution in [2.45, 2.75) is 64.4 Å². The van der Waals surface area contributed by atoms with Crippen molar-refractivity contribution in [2.75, 3.05) is 6.54 Å². The van der Waals surface area contributed by atoms with E-state index in [9.17, 15) is 29.4 Å². The molecule has 0 spiro atoms. The van der Waals surface area contributed by atoms with Crippen molar-refractivity contribution in [1.29, 1.82) is 0 Å². The number of hydrogen-bond donors (Lipinski definition) is 7. The molecule has 0 aliphatic carbocycles. The zero-order chi connectivity index (χ0) is 21.3. The molecule has 0 heterocycles. The lowest BCUT2D eigenvalue weighted by atomic mass is 10.0. The molecule has 11 nitrogen and oxygen atoms in total. The van der Waals surface area contributed by atoms with E-state index >= 15 is 0 Å². The Morgan fingerprint density at radius 1 is 0.889 bits per heavy atom. The summed E-state index contributed by atoms with van der Waals surface area (Å²) in [5.74, 6) is -3.65. The zero-order valence-electron chi connectivity index (χ0n) is 15.9. The van der Waals surface area contributed by atoms with Crippen LogP contribution < -0.4 is 21.7 Å². The predicted octanol–water partition coefficient (Wildman–Crippen LogP) is -2.71. The highest BCUT2D eigenvalue weighted by Crippen LogP contribution is 2.07. The molecule has 156 valence electrons. The molecule has 0 aliphatic heterocycles. The van der Waals surface area contributed by atoms with Gasteiger partial charge in [0.1, 0.15) is 24.7 Å². The van der Waals surface area contributed by atoms with Gasteiger partial charge in [0, 0.05) is 0 Å². The highest BCUT2D eigenvalue weighted by Gasteiger charge is 2.31. The summed E-state index contributed by atoms with van der Waals surface area (Å²) >= 11 is 0. The molecule has 0 aromatic rings. The number of aliphatic hydroxyl groups excluding tert-OH is 2. The van der Waals surface area contributed by atoms with Crippen LogP contribution in [0.4, 0.5) is 0 Å². The number of aliphatic carboxylic acids is 1. The molecule has 0 saturated carbocycles. The van der Waals surface area contributed by atoms with Crippen LogP contribution in [0.3, 0.4) is 0 Å². The number of rotatable bonds is 11. The SMILES string of the molecule is CC(C)CC(NC(=O)C(N)C(C)O)C(=O)NC(C(=O)NCC(=O)O)C(C)O. The van der Waals surface area contributed by atoms with Gasteiger partial charge in [-0.1, -0.05) is 13.8 Å². The molecule has 8 N–H and O–H groups in total. The Balaban J connectivity index is 5.19. The van der Waals surface area contributed by atoms with Crippen molar-refractivity contribution < 1.29 is 34.5 Å². The summed E-state index contributed by atoms with van der Waals surface area (Å²) in [6, 6.07) is -3.71. The fraction of sp³-hybridized carbons (Fsp3) is 0.750. The first-order valence-electron chi connectivity index (χ1n) is 8.58. The van der Waals surface area contributed by atoms with Crippen molar-refractivity contribution in [1.82, 2.24) is 16.0 Å². The third-order valence-electron chi connectivity index (χ3n) is 3.64. The lowest BCUT2D eigenvalue weighted by Gasteiger charge is -2.26. The van der Waals surface area contributed by atoms with Gasteiger partial charge in [-0.15, -0.1) is 0 Å². The average Bonchev–Trinajstić information content (AvgIpc) is 2.54. The Kier molecular flexibility index (Phi) is 10.5. The fourth-order valence-corrected chi connectivity index (χ4v) is 2.12. The van der Waals surface area contributed by atoms with Gasteiger partial charge in [0.25, 0.3) is 0 Å². The van der Waals surface area contributed by atoms with E-state index in [4.69, 9.17) is 10.8 Å². The van der Waals surface area contributed by atoms with Gasteiger partial charge in [0.15, 0.2) is 0 Å². The van der Waals surface area contributed by atoms with Gasteiger partial charge in [-0.25, -0.2) is 0 Å². The number of carboxylic acids is 1. The molecule has 5 atom stereocenters. The van der Waals surface area contributed by atoms with Crippen LogP contribution in [0, 0.1) is 5.92 Å². The quantitative estimate of drug-likeness (QED) is 0.198. The van der Waals surface area contributed by atoms with E-state index in [-0.39, 0.29) is 12.3 Å². The zero-order valence-corrected chi connectivity index (χ0v) is 15.9. The number of carbonyl (C=O) groups excluding carboxylic acids is 3. The second-order valence-electron chi connectivity index (χ2n) is 6.80. The number of hydrogen-bond acceptors (Lipinski definition) is 7. The van der Waals surface area contributed by atoms with Crippen LogP contribution >= 0.6 is 0 Å². The highest BCUT2D eigenvalue weighted by molar-refractivity contribution is 5.94. The summed E-state index contributed by atoms with van der Waals surface area (Å²) in [6.07, 6.45) is -2.22. The summed E-state index contributed by atoms with van der Waals surface area (Å²) in [4.78, 5) is 47.1. The molecule has 27 heavy (non-hydrogen) atoms. The smallest absolute Gasteiger partial charge is 0.322 e. The largest absolute Gasteiger partial charge is 0.480 e. The van der Waals surface area contributed by atoms with Crippen LogP contribution in [0.15, 0.2) is 0 Å². The van der Waals surface area contributed by atoms with E-state index in [0.717, 1.165) is 0 Å². The molecule has 0 aromatic carbocycles. The highest BCUT2D eigenvalue weighted by atomic mass is 16.4. The first kappa shape index (κ1) is 24.8. The van der Waals surface area contributed by atoms with E-state index in [1.165, 1.54) is 13.8 Å². The van der Waals surface area contributed by atoms with Crippen molar-refractivity contribution in [3.8, 4) is 0 Å². The summed E-state index contributed by atoms with van der Waals surface area (Å²) in [7, 11) is 0. The maximum absolute atomic E-state index is 12.5. The average molecular weight is 390 g/mol. The number of nitrogens with one attached hydrogen (secondary N) is 3. The van der Waals surface area contributed by atoms with E-state index in [0.29, 0.717) is 0 Å². The second kappa shape index (κ2) is 11.5. The predicted molar refractivity (Wildman–Crippen MR) is 95.3 cm³/mol. The van der Waals surface area contributed by atoms with Crippen molar-refractivity contribution in [2.24, 2.45) is 11.7 Å². The van der Waals surface area contributed by atoms with Gasteiger partial charge < -0.3 is 37.0 Å². The third kappa shape index (κ3) is 9.31. The Hall–Kier alpha value is -2.24. The molecule has 0 bridgehead atoms.